The third-order valence-electron chi connectivity index (χ3n) is 12.3. The average molecular weight is 806 g/mol. The molecule has 3 nitrogen and oxygen atoms in total. The van der Waals surface area contributed by atoms with E-state index >= 15 is 0 Å². The number of anilines is 3. The summed E-state index contributed by atoms with van der Waals surface area (Å²) < 4.78 is 12.4. The topological polar surface area (TPSA) is 29.5 Å². The zero-order valence-corrected chi connectivity index (χ0v) is 34.3. The summed E-state index contributed by atoms with van der Waals surface area (Å²) in [5.74, 6) is 0. The van der Waals surface area contributed by atoms with Crippen molar-refractivity contribution in [2.24, 2.45) is 0 Å². The highest BCUT2D eigenvalue weighted by atomic mass is 16.3. The molecule has 0 aliphatic rings. The van der Waals surface area contributed by atoms with Gasteiger partial charge in [0.25, 0.3) is 0 Å². The lowest BCUT2D eigenvalue weighted by Crippen LogP contribution is -2.09. The molecule has 0 aliphatic heterocycles. The predicted molar refractivity (Wildman–Crippen MR) is 263 cm³/mol. The van der Waals surface area contributed by atoms with Gasteiger partial charge in [-0.05, 0) is 122 Å². The van der Waals surface area contributed by atoms with Gasteiger partial charge in [-0.25, -0.2) is 0 Å². The van der Waals surface area contributed by atoms with E-state index in [4.69, 9.17) is 8.83 Å². The number of para-hydroxylation sites is 2. The fourth-order valence-corrected chi connectivity index (χ4v) is 9.31. The quantitative estimate of drug-likeness (QED) is 0.153. The number of fused-ring (bicyclic) bond motifs is 6. The Labute approximate surface area is 365 Å². The van der Waals surface area contributed by atoms with E-state index in [9.17, 15) is 0 Å². The van der Waals surface area contributed by atoms with Gasteiger partial charge in [-0.2, -0.15) is 0 Å². The Morgan fingerprint density at radius 2 is 0.587 bits per heavy atom. The van der Waals surface area contributed by atoms with Crippen molar-refractivity contribution in [1.29, 1.82) is 0 Å². The lowest BCUT2D eigenvalue weighted by atomic mass is 9.87. The molecule has 0 saturated heterocycles. The van der Waals surface area contributed by atoms with Crippen LogP contribution in [0.25, 0.3) is 99.5 Å². The van der Waals surface area contributed by atoms with E-state index in [1.165, 1.54) is 38.9 Å². The van der Waals surface area contributed by atoms with Gasteiger partial charge in [-0.3, -0.25) is 0 Å². The summed E-state index contributed by atoms with van der Waals surface area (Å²) in [6, 6.07) is 84.3. The minimum Gasteiger partial charge on any atom is -0.456 e. The van der Waals surface area contributed by atoms with Crippen LogP contribution >= 0.6 is 0 Å². The second-order valence-corrected chi connectivity index (χ2v) is 16.0. The van der Waals surface area contributed by atoms with Gasteiger partial charge in [0, 0.05) is 38.6 Å². The van der Waals surface area contributed by atoms with Gasteiger partial charge in [0.05, 0.1) is 0 Å². The average Bonchev–Trinajstić information content (AvgIpc) is 3.93. The summed E-state index contributed by atoms with van der Waals surface area (Å²) in [7, 11) is 0. The Morgan fingerprint density at radius 3 is 1.14 bits per heavy atom. The van der Waals surface area contributed by atoms with Crippen LogP contribution in [0.2, 0.25) is 0 Å². The van der Waals surface area contributed by atoms with E-state index in [0.29, 0.717) is 0 Å². The molecule has 2 aromatic heterocycles. The first-order chi connectivity index (χ1) is 31.2. The van der Waals surface area contributed by atoms with Crippen LogP contribution in [-0.4, -0.2) is 0 Å². The van der Waals surface area contributed by atoms with Crippen LogP contribution in [0.5, 0.6) is 0 Å². The van der Waals surface area contributed by atoms with Crippen molar-refractivity contribution in [3.8, 4) is 55.6 Å². The third-order valence-corrected chi connectivity index (χ3v) is 12.3. The van der Waals surface area contributed by atoms with Crippen molar-refractivity contribution in [2.75, 3.05) is 4.90 Å². The zero-order valence-electron chi connectivity index (χ0n) is 34.3. The highest BCUT2D eigenvalue weighted by Gasteiger charge is 2.19. The molecule has 0 amide bonds. The Morgan fingerprint density at radius 1 is 0.222 bits per heavy atom. The zero-order chi connectivity index (χ0) is 41.7. The van der Waals surface area contributed by atoms with Gasteiger partial charge < -0.3 is 13.7 Å². The van der Waals surface area contributed by atoms with E-state index < -0.39 is 0 Å². The summed E-state index contributed by atoms with van der Waals surface area (Å²) in [4.78, 5) is 2.34. The molecular formula is C60H39NO2. The van der Waals surface area contributed by atoms with Crippen molar-refractivity contribution >= 4 is 60.9 Å². The Hall–Kier alpha value is -8.40. The van der Waals surface area contributed by atoms with E-state index in [-0.39, 0.29) is 0 Å². The second-order valence-electron chi connectivity index (χ2n) is 16.0. The van der Waals surface area contributed by atoms with Gasteiger partial charge in [-0.1, -0.05) is 170 Å². The Bertz CT molecular complexity index is 3620. The minimum atomic E-state index is 0.871. The molecular weight excluding hydrogens is 767 g/mol. The molecule has 3 heteroatoms. The van der Waals surface area contributed by atoms with Gasteiger partial charge >= 0.3 is 0 Å². The Balaban J connectivity index is 0.946. The van der Waals surface area contributed by atoms with Crippen LogP contribution in [0.15, 0.2) is 245 Å². The number of hydrogen-bond acceptors (Lipinski definition) is 3. The third kappa shape index (κ3) is 6.46. The van der Waals surface area contributed by atoms with E-state index in [2.05, 4.69) is 217 Å². The van der Waals surface area contributed by atoms with Gasteiger partial charge in [0.1, 0.15) is 22.3 Å². The molecule has 0 atom stereocenters. The van der Waals surface area contributed by atoms with Crippen LogP contribution < -0.4 is 4.90 Å². The molecule has 10 aromatic carbocycles. The lowest BCUT2D eigenvalue weighted by molar-refractivity contribution is 0.668. The number of hydrogen-bond donors (Lipinski definition) is 0. The van der Waals surface area contributed by atoms with Crippen LogP contribution in [-0.2, 0) is 0 Å². The van der Waals surface area contributed by atoms with E-state index in [1.807, 2.05) is 24.3 Å². The minimum absolute atomic E-state index is 0.871. The maximum atomic E-state index is 6.27. The summed E-state index contributed by atoms with van der Waals surface area (Å²) in [5.41, 5.74) is 18.6. The molecule has 0 saturated carbocycles. The maximum absolute atomic E-state index is 6.27. The molecule has 12 aromatic rings. The smallest absolute Gasteiger partial charge is 0.135 e. The number of rotatable bonds is 8. The van der Waals surface area contributed by atoms with Gasteiger partial charge in [0.15, 0.2) is 0 Å². The monoisotopic (exact) mass is 805 g/mol. The highest BCUT2D eigenvalue weighted by molar-refractivity contribution is 6.08. The SMILES string of the molecule is c1ccc(-c2ccccc2-c2ccccc2-c2ccccc2-c2ccc(N(c3ccc(-c4ccc5oc6ccccc6c5c4)cc3)c3ccc4oc5ccccc5c4c3)cc2)cc1. The number of nitrogens with zero attached hydrogens (tertiary/aromatic N) is 1. The largest absolute Gasteiger partial charge is 0.456 e. The maximum Gasteiger partial charge on any atom is 0.135 e. The fourth-order valence-electron chi connectivity index (χ4n) is 9.31. The lowest BCUT2D eigenvalue weighted by Gasteiger charge is -2.26. The van der Waals surface area contributed by atoms with Crippen LogP contribution in [0.3, 0.4) is 0 Å². The standard InChI is InChI=1S/C60H39NO2/c1-2-14-41(15-3-1)47-16-4-6-18-49(47)51-20-8-9-21-52(51)50-19-7-5-17-48(50)42-28-33-45(34-29-42)61(46-35-37-60-56(39-46)54-23-11-13-25-58(54)63-60)44-31-26-40(27-32-44)43-30-36-59-55(38-43)53-22-10-12-24-57(53)62-59/h1-39H. The molecule has 12 rings (SSSR count). The summed E-state index contributed by atoms with van der Waals surface area (Å²) >= 11 is 0. The van der Waals surface area contributed by atoms with E-state index in [1.54, 1.807) is 0 Å². The molecule has 0 fully saturated rings. The molecule has 0 radical (unpaired) electrons. The molecule has 0 aliphatic carbocycles. The first-order valence-electron chi connectivity index (χ1n) is 21.4. The normalized spacial score (nSPS) is 11.5. The number of furan rings is 2. The molecule has 63 heavy (non-hydrogen) atoms. The van der Waals surface area contributed by atoms with Crippen LogP contribution in [0.1, 0.15) is 0 Å². The van der Waals surface area contributed by atoms with E-state index in [0.717, 1.165) is 77.6 Å². The van der Waals surface area contributed by atoms with Crippen molar-refractivity contribution in [2.45, 2.75) is 0 Å². The van der Waals surface area contributed by atoms with Crippen molar-refractivity contribution in [3.63, 3.8) is 0 Å². The van der Waals surface area contributed by atoms with Crippen molar-refractivity contribution in [3.05, 3.63) is 237 Å². The summed E-state index contributed by atoms with van der Waals surface area (Å²) in [6.45, 7) is 0. The summed E-state index contributed by atoms with van der Waals surface area (Å²) in [6.07, 6.45) is 0. The Kier molecular flexibility index (Phi) is 8.83. The van der Waals surface area contributed by atoms with Crippen molar-refractivity contribution < 1.29 is 8.83 Å². The van der Waals surface area contributed by atoms with Crippen molar-refractivity contribution in [1.82, 2.24) is 0 Å². The van der Waals surface area contributed by atoms with Gasteiger partial charge in [0.2, 0.25) is 0 Å². The summed E-state index contributed by atoms with van der Waals surface area (Å²) in [5, 5.41) is 4.44. The van der Waals surface area contributed by atoms with Crippen LogP contribution in [0.4, 0.5) is 17.1 Å². The molecule has 0 unspecified atom stereocenters. The molecule has 296 valence electrons. The molecule has 2 heterocycles. The van der Waals surface area contributed by atoms with Gasteiger partial charge in [-0.15, -0.1) is 0 Å². The number of benzene rings is 10. The van der Waals surface area contributed by atoms with Crippen LogP contribution in [0, 0.1) is 0 Å². The molecule has 0 N–H and O–H groups in total. The molecule has 0 spiro atoms. The predicted octanol–water partition coefficient (Wildman–Crippen LogP) is 17.3. The highest BCUT2D eigenvalue weighted by Crippen LogP contribution is 2.44. The second kappa shape index (κ2) is 15.3. The molecule has 0 bridgehead atoms. The fraction of sp³-hybridized carbons (Fsp3) is 0. The first kappa shape index (κ1) is 36.5. The first-order valence-corrected chi connectivity index (χ1v) is 21.4.